The maximum Gasteiger partial charge on any atom is 0.224 e. The lowest BCUT2D eigenvalue weighted by Crippen LogP contribution is -2.39. The summed E-state index contributed by atoms with van der Waals surface area (Å²) in [6, 6.07) is 4.85. The molecule has 2 aliphatic heterocycles. The van der Waals surface area contributed by atoms with E-state index in [-0.39, 0.29) is 11.6 Å². The lowest BCUT2D eigenvalue weighted by atomic mass is 9.89. The number of hydrogen-bond donors (Lipinski definition) is 2. The van der Waals surface area contributed by atoms with E-state index in [1.165, 1.54) is 25.0 Å². The van der Waals surface area contributed by atoms with Crippen molar-refractivity contribution >= 4 is 11.6 Å². The van der Waals surface area contributed by atoms with Crippen LogP contribution in [0, 0.1) is 17.6 Å². The van der Waals surface area contributed by atoms with E-state index in [0.29, 0.717) is 24.4 Å². The highest BCUT2D eigenvalue weighted by Crippen LogP contribution is 2.32. The molecule has 0 aliphatic carbocycles. The van der Waals surface area contributed by atoms with E-state index in [1.807, 2.05) is 0 Å². The minimum Gasteiger partial charge on any atom is -0.323 e. The van der Waals surface area contributed by atoms with Crippen LogP contribution in [0.3, 0.4) is 0 Å². The van der Waals surface area contributed by atoms with Gasteiger partial charge < -0.3 is 10.6 Å². The van der Waals surface area contributed by atoms with Crippen molar-refractivity contribution in [2.75, 3.05) is 5.32 Å². The van der Waals surface area contributed by atoms with Crippen molar-refractivity contribution in [3.05, 3.63) is 29.8 Å². The van der Waals surface area contributed by atoms with Gasteiger partial charge in [0.05, 0.1) is 5.69 Å². The molecule has 2 saturated heterocycles. The molecule has 0 aromatic heterocycles. The Hall–Kier alpha value is -1.49. The predicted molar refractivity (Wildman–Crippen MR) is 72.3 cm³/mol. The lowest BCUT2D eigenvalue weighted by molar-refractivity contribution is -0.117. The molecule has 2 bridgehead atoms. The smallest absolute Gasteiger partial charge is 0.224 e. The molecular weight excluding hydrogens is 262 g/mol. The van der Waals surface area contributed by atoms with E-state index in [4.69, 9.17) is 0 Å². The molecule has 5 heteroatoms. The molecule has 2 aliphatic rings. The number of piperidine rings is 1. The average Bonchev–Trinajstić information content (AvgIpc) is 2.74. The van der Waals surface area contributed by atoms with Crippen LogP contribution in [0.1, 0.15) is 32.1 Å². The van der Waals surface area contributed by atoms with E-state index in [2.05, 4.69) is 10.6 Å². The van der Waals surface area contributed by atoms with Crippen molar-refractivity contribution in [1.29, 1.82) is 0 Å². The fourth-order valence-electron chi connectivity index (χ4n) is 3.41. The van der Waals surface area contributed by atoms with Gasteiger partial charge in [-0.3, -0.25) is 4.79 Å². The number of rotatable bonds is 3. The quantitative estimate of drug-likeness (QED) is 0.894. The first-order chi connectivity index (χ1) is 9.61. The third kappa shape index (κ3) is 2.82. The minimum atomic E-state index is -0.994. The summed E-state index contributed by atoms with van der Waals surface area (Å²) < 4.78 is 26.5. The Kier molecular flexibility index (Phi) is 3.70. The highest BCUT2D eigenvalue weighted by Gasteiger charge is 2.34. The molecule has 1 aromatic rings. The Bertz CT molecular complexity index is 509. The molecule has 3 rings (SSSR count). The van der Waals surface area contributed by atoms with E-state index < -0.39 is 11.6 Å². The van der Waals surface area contributed by atoms with Crippen molar-refractivity contribution in [2.45, 2.75) is 44.2 Å². The summed E-state index contributed by atoms with van der Waals surface area (Å²) in [5, 5.41) is 5.99. The zero-order valence-electron chi connectivity index (χ0n) is 11.2. The van der Waals surface area contributed by atoms with Crippen LogP contribution in [0.2, 0.25) is 0 Å². The van der Waals surface area contributed by atoms with Gasteiger partial charge in [-0.15, -0.1) is 0 Å². The van der Waals surface area contributed by atoms with Gasteiger partial charge in [-0.2, -0.15) is 0 Å². The highest BCUT2D eigenvalue weighted by atomic mass is 19.2. The average molecular weight is 280 g/mol. The molecular formula is C15H18F2N2O. The Morgan fingerprint density at radius 1 is 1.25 bits per heavy atom. The molecule has 2 heterocycles. The molecule has 2 N–H and O–H groups in total. The molecule has 0 spiro atoms. The molecule has 2 fully saturated rings. The summed E-state index contributed by atoms with van der Waals surface area (Å²) in [6.07, 6.45) is 4.73. The third-order valence-corrected chi connectivity index (χ3v) is 4.27. The fourth-order valence-corrected chi connectivity index (χ4v) is 3.41. The van der Waals surface area contributed by atoms with Gasteiger partial charge >= 0.3 is 0 Å². The molecule has 0 saturated carbocycles. The maximum atomic E-state index is 13.5. The van der Waals surface area contributed by atoms with Gasteiger partial charge in [0.2, 0.25) is 5.91 Å². The Morgan fingerprint density at radius 3 is 2.65 bits per heavy atom. The standard InChI is InChI=1S/C15H18F2N2O/c16-12-2-1-3-13(15(12)17)19-14(20)8-9-6-10-4-5-11(7-9)18-10/h1-3,9-11,18H,4-8H2,(H,19,20). The van der Waals surface area contributed by atoms with Crippen LogP contribution in [0.25, 0.3) is 0 Å². The number of benzene rings is 1. The van der Waals surface area contributed by atoms with Crippen LogP contribution >= 0.6 is 0 Å². The monoisotopic (exact) mass is 280 g/mol. The van der Waals surface area contributed by atoms with E-state index >= 15 is 0 Å². The maximum absolute atomic E-state index is 13.5. The summed E-state index contributed by atoms with van der Waals surface area (Å²) in [7, 11) is 0. The van der Waals surface area contributed by atoms with Crippen molar-refractivity contribution in [3.8, 4) is 0 Å². The predicted octanol–water partition coefficient (Wildman–Crippen LogP) is 2.82. The Morgan fingerprint density at radius 2 is 1.95 bits per heavy atom. The first kappa shape index (κ1) is 13.5. The van der Waals surface area contributed by atoms with Crippen LogP contribution < -0.4 is 10.6 Å². The number of anilines is 1. The van der Waals surface area contributed by atoms with E-state index in [1.54, 1.807) is 0 Å². The fraction of sp³-hybridized carbons (Fsp3) is 0.533. The lowest BCUT2D eigenvalue weighted by Gasteiger charge is -2.28. The van der Waals surface area contributed by atoms with Gasteiger partial charge in [0.1, 0.15) is 0 Å². The third-order valence-electron chi connectivity index (χ3n) is 4.27. The van der Waals surface area contributed by atoms with Gasteiger partial charge in [-0.25, -0.2) is 8.78 Å². The molecule has 108 valence electrons. The normalized spacial score (nSPS) is 28.4. The molecule has 1 aromatic carbocycles. The van der Waals surface area contributed by atoms with Crippen molar-refractivity contribution in [3.63, 3.8) is 0 Å². The van der Waals surface area contributed by atoms with Crippen LogP contribution in [0.5, 0.6) is 0 Å². The number of hydrogen-bond acceptors (Lipinski definition) is 2. The molecule has 0 radical (unpaired) electrons. The number of fused-ring (bicyclic) bond motifs is 2. The van der Waals surface area contributed by atoms with Crippen LogP contribution in [0.15, 0.2) is 18.2 Å². The largest absolute Gasteiger partial charge is 0.323 e. The number of amides is 1. The SMILES string of the molecule is O=C(CC1CC2CCC(C1)N2)Nc1cccc(F)c1F. The Balaban J connectivity index is 1.58. The Labute approximate surface area is 116 Å². The topological polar surface area (TPSA) is 41.1 Å². The summed E-state index contributed by atoms with van der Waals surface area (Å²) in [5.41, 5.74) is -0.0769. The van der Waals surface area contributed by atoms with Gasteiger partial charge in [0.25, 0.3) is 0 Å². The van der Waals surface area contributed by atoms with Crippen molar-refractivity contribution < 1.29 is 13.6 Å². The second-order valence-corrected chi connectivity index (χ2v) is 5.83. The summed E-state index contributed by atoms with van der Waals surface area (Å²) >= 11 is 0. The first-order valence-electron chi connectivity index (χ1n) is 7.11. The molecule has 2 atom stereocenters. The first-order valence-corrected chi connectivity index (χ1v) is 7.11. The van der Waals surface area contributed by atoms with Gasteiger partial charge in [0, 0.05) is 18.5 Å². The highest BCUT2D eigenvalue weighted by molar-refractivity contribution is 5.91. The molecule has 3 nitrogen and oxygen atoms in total. The number of carbonyl (C=O) groups excluding carboxylic acids is 1. The molecule has 1 amide bonds. The van der Waals surface area contributed by atoms with Gasteiger partial charge in [0.15, 0.2) is 11.6 Å². The van der Waals surface area contributed by atoms with Crippen LogP contribution in [-0.4, -0.2) is 18.0 Å². The van der Waals surface area contributed by atoms with Crippen LogP contribution in [0.4, 0.5) is 14.5 Å². The summed E-state index contributed by atoms with van der Waals surface area (Å²) in [4.78, 5) is 12.0. The van der Waals surface area contributed by atoms with E-state index in [9.17, 15) is 13.6 Å². The van der Waals surface area contributed by atoms with Gasteiger partial charge in [-0.1, -0.05) is 6.07 Å². The van der Waals surface area contributed by atoms with Crippen molar-refractivity contribution in [2.24, 2.45) is 5.92 Å². The van der Waals surface area contributed by atoms with Gasteiger partial charge in [-0.05, 0) is 43.7 Å². The molecule has 20 heavy (non-hydrogen) atoms. The van der Waals surface area contributed by atoms with E-state index in [0.717, 1.165) is 18.9 Å². The number of nitrogens with one attached hydrogen (secondary N) is 2. The summed E-state index contributed by atoms with van der Waals surface area (Å²) in [5.74, 6) is -1.83. The molecule has 2 unspecified atom stereocenters. The second kappa shape index (κ2) is 5.48. The zero-order chi connectivity index (χ0) is 14.1. The van der Waals surface area contributed by atoms with Crippen molar-refractivity contribution in [1.82, 2.24) is 5.32 Å². The number of carbonyl (C=O) groups is 1. The zero-order valence-corrected chi connectivity index (χ0v) is 11.2. The minimum absolute atomic E-state index is 0.0769. The summed E-state index contributed by atoms with van der Waals surface area (Å²) in [6.45, 7) is 0. The van der Waals surface area contributed by atoms with Crippen LogP contribution in [-0.2, 0) is 4.79 Å². The number of halogens is 2. The second-order valence-electron chi connectivity index (χ2n) is 5.83.